The van der Waals surface area contributed by atoms with Crippen LogP contribution in [0.4, 0.5) is 0 Å². The number of carbonyl (C=O) groups excluding carboxylic acids is 2. The maximum atomic E-state index is 12.9. The van der Waals surface area contributed by atoms with E-state index in [2.05, 4.69) is 15.0 Å². The Hall–Kier alpha value is -2.83. The Kier molecular flexibility index (Phi) is 5.25. The van der Waals surface area contributed by atoms with Crippen LogP contribution in [0.1, 0.15) is 57.5 Å². The first-order valence-electron chi connectivity index (χ1n) is 8.75. The van der Waals surface area contributed by atoms with Crippen molar-refractivity contribution in [1.29, 1.82) is 0 Å². The molecular weight excluding hydrogens is 330 g/mol. The molecule has 3 rings (SSSR count). The largest absolute Gasteiger partial charge is 0.345 e. The summed E-state index contributed by atoms with van der Waals surface area (Å²) in [4.78, 5) is 41.4. The second-order valence-electron chi connectivity index (χ2n) is 6.68. The minimum absolute atomic E-state index is 0.0579. The van der Waals surface area contributed by atoms with Gasteiger partial charge in [-0.05, 0) is 38.3 Å². The summed E-state index contributed by atoms with van der Waals surface area (Å²) in [6.07, 6.45) is 7.59. The van der Waals surface area contributed by atoms with Gasteiger partial charge in [-0.1, -0.05) is 0 Å². The number of rotatable bonds is 3. The molecule has 1 atom stereocenters. The Labute approximate surface area is 153 Å². The zero-order valence-corrected chi connectivity index (χ0v) is 15.3. The molecule has 1 aliphatic heterocycles. The van der Waals surface area contributed by atoms with Crippen molar-refractivity contribution >= 4 is 11.8 Å². The van der Waals surface area contributed by atoms with Crippen LogP contribution in [0.15, 0.2) is 30.7 Å². The van der Waals surface area contributed by atoms with Crippen LogP contribution < -0.4 is 0 Å². The second-order valence-corrected chi connectivity index (χ2v) is 6.68. The molecule has 0 aromatic carbocycles. The minimum Gasteiger partial charge on any atom is -0.345 e. The molecule has 0 radical (unpaired) electrons. The summed E-state index contributed by atoms with van der Waals surface area (Å²) >= 11 is 0. The van der Waals surface area contributed by atoms with Gasteiger partial charge in [-0.2, -0.15) is 0 Å². The zero-order chi connectivity index (χ0) is 18.7. The highest BCUT2D eigenvalue weighted by molar-refractivity contribution is 5.95. The molecule has 1 aliphatic rings. The fourth-order valence-corrected chi connectivity index (χ4v) is 3.19. The third-order valence-corrected chi connectivity index (χ3v) is 4.60. The molecule has 2 amide bonds. The first kappa shape index (κ1) is 18.0. The summed E-state index contributed by atoms with van der Waals surface area (Å²) in [6.45, 7) is 2.47. The van der Waals surface area contributed by atoms with Crippen molar-refractivity contribution in [2.24, 2.45) is 0 Å². The Morgan fingerprint density at radius 1 is 1.23 bits per heavy atom. The van der Waals surface area contributed by atoms with E-state index in [0.717, 1.165) is 19.3 Å². The third-order valence-electron chi connectivity index (χ3n) is 4.60. The molecule has 2 aromatic heterocycles. The zero-order valence-electron chi connectivity index (χ0n) is 15.3. The first-order chi connectivity index (χ1) is 12.5. The number of pyridine rings is 1. The minimum atomic E-state index is -0.182. The molecular formula is C19H23N5O2. The molecule has 1 saturated heterocycles. The van der Waals surface area contributed by atoms with Crippen LogP contribution in [0.25, 0.3) is 0 Å². The predicted octanol–water partition coefficient (Wildman–Crippen LogP) is 2.25. The molecule has 26 heavy (non-hydrogen) atoms. The van der Waals surface area contributed by atoms with Crippen LogP contribution in [-0.2, 0) is 0 Å². The smallest absolute Gasteiger partial charge is 0.256 e. The lowest BCUT2D eigenvalue weighted by atomic mass is 10.00. The summed E-state index contributed by atoms with van der Waals surface area (Å²) in [5.74, 6) is 0.410. The lowest BCUT2D eigenvalue weighted by Crippen LogP contribution is -2.39. The monoisotopic (exact) mass is 353 g/mol. The van der Waals surface area contributed by atoms with Crippen LogP contribution in [0.3, 0.4) is 0 Å². The van der Waals surface area contributed by atoms with Crippen molar-refractivity contribution in [3.05, 3.63) is 53.4 Å². The topological polar surface area (TPSA) is 79.3 Å². The molecule has 2 aromatic rings. The molecule has 136 valence electrons. The highest BCUT2D eigenvalue weighted by Crippen LogP contribution is 2.30. The molecule has 1 fully saturated rings. The molecule has 0 saturated carbocycles. The molecule has 0 aliphatic carbocycles. The standard InChI is InChI=1S/C19H23N5O2/c1-13-15(19(26)23(2)3)12-21-17(22-13)16-8-4-5-10-24(16)18(25)14-7-6-9-20-11-14/h6-7,9,11-12,16H,4-5,8,10H2,1-3H3/t16-/m1/s1. The van der Waals surface area contributed by atoms with E-state index in [1.165, 1.54) is 4.90 Å². The van der Waals surface area contributed by atoms with Crippen molar-refractivity contribution in [3.63, 3.8) is 0 Å². The summed E-state index contributed by atoms with van der Waals surface area (Å²) in [7, 11) is 3.40. The Morgan fingerprint density at radius 3 is 2.69 bits per heavy atom. The Morgan fingerprint density at radius 2 is 2.04 bits per heavy atom. The summed E-state index contributed by atoms with van der Waals surface area (Å²) in [5, 5.41) is 0. The number of nitrogens with zero attached hydrogens (tertiary/aromatic N) is 5. The number of aryl methyl sites for hydroxylation is 1. The van der Waals surface area contributed by atoms with E-state index in [4.69, 9.17) is 0 Å². The fourth-order valence-electron chi connectivity index (χ4n) is 3.19. The van der Waals surface area contributed by atoms with Gasteiger partial charge in [0.05, 0.1) is 22.9 Å². The van der Waals surface area contributed by atoms with Crippen LogP contribution in [0.2, 0.25) is 0 Å². The van der Waals surface area contributed by atoms with E-state index in [-0.39, 0.29) is 17.9 Å². The van der Waals surface area contributed by atoms with Crippen molar-refractivity contribution in [2.75, 3.05) is 20.6 Å². The predicted molar refractivity (Wildman–Crippen MR) is 96.7 cm³/mol. The molecule has 7 nitrogen and oxygen atoms in total. The molecule has 7 heteroatoms. The number of hydrogen-bond acceptors (Lipinski definition) is 5. The van der Waals surface area contributed by atoms with Gasteiger partial charge >= 0.3 is 0 Å². The Bertz CT molecular complexity index is 807. The first-order valence-corrected chi connectivity index (χ1v) is 8.75. The Balaban J connectivity index is 1.89. The average Bonchev–Trinajstić information content (AvgIpc) is 2.67. The molecule has 0 unspecified atom stereocenters. The van der Waals surface area contributed by atoms with Gasteiger partial charge in [-0.15, -0.1) is 0 Å². The maximum Gasteiger partial charge on any atom is 0.256 e. The third kappa shape index (κ3) is 3.56. The number of likely N-dealkylation sites (tertiary alicyclic amines) is 1. The molecule has 0 N–H and O–H groups in total. The summed E-state index contributed by atoms with van der Waals surface area (Å²) in [6, 6.07) is 3.35. The van der Waals surface area contributed by atoms with Crippen molar-refractivity contribution < 1.29 is 9.59 Å². The number of carbonyl (C=O) groups is 2. The highest BCUT2D eigenvalue weighted by Gasteiger charge is 2.31. The van der Waals surface area contributed by atoms with Crippen molar-refractivity contribution in [1.82, 2.24) is 24.8 Å². The molecule has 0 spiro atoms. The quantitative estimate of drug-likeness (QED) is 0.845. The van der Waals surface area contributed by atoms with Crippen LogP contribution in [0, 0.1) is 6.92 Å². The normalized spacial score (nSPS) is 17.0. The lowest BCUT2D eigenvalue weighted by Gasteiger charge is -2.35. The van der Waals surface area contributed by atoms with E-state index in [1.54, 1.807) is 51.7 Å². The summed E-state index contributed by atoms with van der Waals surface area (Å²) in [5.41, 5.74) is 1.68. The maximum absolute atomic E-state index is 12.9. The van der Waals surface area contributed by atoms with E-state index in [9.17, 15) is 9.59 Å². The molecule has 3 heterocycles. The number of aromatic nitrogens is 3. The highest BCUT2D eigenvalue weighted by atomic mass is 16.2. The van der Waals surface area contributed by atoms with Gasteiger partial charge in [0.2, 0.25) is 0 Å². The van der Waals surface area contributed by atoms with Crippen LogP contribution in [-0.4, -0.2) is 57.2 Å². The van der Waals surface area contributed by atoms with Crippen LogP contribution in [0.5, 0.6) is 0 Å². The fraction of sp³-hybridized carbons (Fsp3) is 0.421. The summed E-state index contributed by atoms with van der Waals surface area (Å²) < 4.78 is 0. The van der Waals surface area contributed by atoms with E-state index < -0.39 is 0 Å². The average molecular weight is 353 g/mol. The van der Waals surface area contributed by atoms with Gasteiger partial charge in [0.15, 0.2) is 5.82 Å². The second kappa shape index (κ2) is 7.59. The van der Waals surface area contributed by atoms with Gasteiger partial charge in [0.1, 0.15) is 0 Å². The van der Waals surface area contributed by atoms with Gasteiger partial charge < -0.3 is 9.80 Å². The van der Waals surface area contributed by atoms with Crippen molar-refractivity contribution in [2.45, 2.75) is 32.2 Å². The molecule has 0 bridgehead atoms. The van der Waals surface area contributed by atoms with E-state index in [0.29, 0.717) is 29.2 Å². The van der Waals surface area contributed by atoms with Gasteiger partial charge in [0.25, 0.3) is 11.8 Å². The SMILES string of the molecule is Cc1nc([C@H]2CCCCN2C(=O)c2cccnc2)ncc1C(=O)N(C)C. The lowest BCUT2D eigenvalue weighted by molar-refractivity contribution is 0.0598. The van der Waals surface area contributed by atoms with E-state index >= 15 is 0 Å². The van der Waals surface area contributed by atoms with Gasteiger partial charge in [0, 0.05) is 39.2 Å². The van der Waals surface area contributed by atoms with Crippen molar-refractivity contribution in [3.8, 4) is 0 Å². The number of hydrogen-bond donors (Lipinski definition) is 0. The number of amides is 2. The van der Waals surface area contributed by atoms with Gasteiger partial charge in [-0.25, -0.2) is 9.97 Å². The van der Waals surface area contributed by atoms with E-state index in [1.807, 2.05) is 4.90 Å². The van der Waals surface area contributed by atoms with Crippen LogP contribution >= 0.6 is 0 Å². The number of piperidine rings is 1. The van der Waals surface area contributed by atoms with Gasteiger partial charge in [-0.3, -0.25) is 14.6 Å².